The van der Waals surface area contributed by atoms with Crippen LogP contribution in [0.25, 0.3) is 0 Å². The van der Waals surface area contributed by atoms with Crippen LogP contribution in [0.2, 0.25) is 5.02 Å². The molecule has 3 aromatic carbocycles. The summed E-state index contributed by atoms with van der Waals surface area (Å²) in [5.41, 5.74) is -0.888. The number of hydrogen-bond donors (Lipinski definition) is 2. The van der Waals surface area contributed by atoms with Gasteiger partial charge in [-0.2, -0.15) is 0 Å². The maximum atomic E-state index is 13.9. The van der Waals surface area contributed by atoms with E-state index in [9.17, 15) is 31.5 Å². The van der Waals surface area contributed by atoms with Gasteiger partial charge in [-0.05, 0) is 61.3 Å². The first kappa shape index (κ1) is 29.1. The van der Waals surface area contributed by atoms with E-state index >= 15 is 0 Å². The Hall–Kier alpha value is -3.41. The minimum absolute atomic E-state index is 0.0865. The van der Waals surface area contributed by atoms with E-state index in [4.69, 9.17) is 16.4 Å². The third-order valence-corrected chi connectivity index (χ3v) is 10.5. The Balaban J connectivity index is 1.31. The zero-order valence-corrected chi connectivity index (χ0v) is 23.1. The monoisotopic (exact) mass is 606 g/mol. The number of nitrogens with one attached hydrogen (secondary N) is 1. The zero-order valence-electron chi connectivity index (χ0n) is 21.6. The summed E-state index contributed by atoms with van der Waals surface area (Å²) in [6.45, 7) is 0.227. The van der Waals surface area contributed by atoms with Crippen LogP contribution in [0.4, 0.5) is 18.9 Å². The SMILES string of the molecule is O=C(Nc1cc(F)c(F)c(F)c1)c1ccc(Cl)c(S(=O)(=O)C2C3CC[C@H]2CC(O)(/C=N/OCc2ccccc2)C3)c1. The van der Waals surface area contributed by atoms with Crippen molar-refractivity contribution in [3.63, 3.8) is 0 Å². The molecule has 7 nitrogen and oxygen atoms in total. The van der Waals surface area contributed by atoms with Gasteiger partial charge in [0.25, 0.3) is 5.91 Å². The molecule has 2 fully saturated rings. The van der Waals surface area contributed by atoms with Crippen molar-refractivity contribution in [2.75, 3.05) is 5.32 Å². The van der Waals surface area contributed by atoms with Crippen LogP contribution < -0.4 is 5.32 Å². The Kier molecular flexibility index (Phi) is 8.13. The predicted molar refractivity (Wildman–Crippen MR) is 147 cm³/mol. The summed E-state index contributed by atoms with van der Waals surface area (Å²) in [4.78, 5) is 17.9. The lowest BCUT2D eigenvalue weighted by atomic mass is 9.78. The molecule has 0 spiro atoms. The third-order valence-electron chi connectivity index (χ3n) is 7.61. The Morgan fingerprint density at radius 2 is 1.68 bits per heavy atom. The first-order valence-corrected chi connectivity index (χ1v) is 14.8. The highest BCUT2D eigenvalue weighted by Crippen LogP contribution is 2.51. The first-order valence-electron chi connectivity index (χ1n) is 12.9. The fourth-order valence-corrected chi connectivity index (χ4v) is 8.69. The Bertz CT molecular complexity index is 1570. The van der Waals surface area contributed by atoms with Crippen LogP contribution >= 0.6 is 11.6 Å². The molecule has 5 rings (SSSR count). The second-order valence-corrected chi connectivity index (χ2v) is 12.9. The third kappa shape index (κ3) is 6.12. The van der Waals surface area contributed by atoms with Crippen molar-refractivity contribution < 1.29 is 36.3 Å². The number of fused-ring (bicyclic) bond motifs is 2. The van der Waals surface area contributed by atoms with Gasteiger partial charge in [0, 0.05) is 23.4 Å². The maximum Gasteiger partial charge on any atom is 0.255 e. The van der Waals surface area contributed by atoms with Crippen molar-refractivity contribution in [1.29, 1.82) is 0 Å². The molecule has 0 radical (unpaired) electrons. The van der Waals surface area contributed by atoms with Crippen molar-refractivity contribution in [3.05, 3.63) is 94.3 Å². The summed E-state index contributed by atoms with van der Waals surface area (Å²) in [5.74, 6) is -6.29. The molecule has 0 aromatic heterocycles. The average Bonchev–Trinajstić information content (AvgIpc) is 3.23. The number of sulfone groups is 1. The van der Waals surface area contributed by atoms with Crippen LogP contribution in [-0.4, -0.2) is 36.5 Å². The van der Waals surface area contributed by atoms with E-state index in [0.29, 0.717) is 25.0 Å². The second kappa shape index (κ2) is 11.5. The summed E-state index contributed by atoms with van der Waals surface area (Å²) in [5, 5.41) is 16.4. The number of anilines is 1. The number of carbonyl (C=O) groups excluding carboxylic acids is 1. The molecule has 2 N–H and O–H groups in total. The van der Waals surface area contributed by atoms with Crippen LogP contribution in [-0.2, 0) is 21.3 Å². The molecule has 1 amide bonds. The van der Waals surface area contributed by atoms with Gasteiger partial charge in [-0.1, -0.05) is 47.1 Å². The van der Waals surface area contributed by atoms with Crippen LogP contribution in [0.15, 0.2) is 70.7 Å². The smallest absolute Gasteiger partial charge is 0.255 e. The molecular weight excluding hydrogens is 581 g/mol. The number of benzene rings is 3. The normalized spacial score (nSPS) is 24.0. The number of oxime groups is 1. The molecule has 2 saturated carbocycles. The standard InChI is InChI=1S/C29H26ClF3N2O5S/c30-22-9-8-18(28(36)35-21-11-23(31)26(33)24(32)12-21)10-25(22)41(38,39)27-19-6-7-20(27)14-29(37,13-19)16-34-40-15-17-4-2-1-3-5-17/h1-5,8-12,16,19-20,27,37H,6-7,13-15H2,(H,35,36)/b34-16+/t19-,20?,27?,29?/m0/s1. The van der Waals surface area contributed by atoms with Gasteiger partial charge in [0.1, 0.15) is 12.2 Å². The lowest BCUT2D eigenvalue weighted by molar-refractivity contribution is 0.0411. The predicted octanol–water partition coefficient (Wildman–Crippen LogP) is 5.91. The fourth-order valence-electron chi connectivity index (χ4n) is 5.84. The van der Waals surface area contributed by atoms with Crippen LogP contribution in [0, 0.1) is 29.3 Å². The van der Waals surface area contributed by atoms with Gasteiger partial charge >= 0.3 is 0 Å². The average molecular weight is 607 g/mol. The number of rotatable bonds is 8. The number of aliphatic hydroxyl groups is 1. The largest absolute Gasteiger partial charge is 0.391 e. The van der Waals surface area contributed by atoms with E-state index in [1.807, 2.05) is 30.3 Å². The van der Waals surface area contributed by atoms with Crippen molar-refractivity contribution in [2.45, 2.75) is 48.0 Å². The molecule has 3 unspecified atom stereocenters. The molecule has 3 aromatic rings. The van der Waals surface area contributed by atoms with Crippen molar-refractivity contribution in [3.8, 4) is 0 Å². The number of carbonyl (C=O) groups is 1. The van der Waals surface area contributed by atoms with Gasteiger partial charge in [0.05, 0.1) is 21.4 Å². The maximum absolute atomic E-state index is 13.9. The van der Waals surface area contributed by atoms with E-state index in [-0.39, 0.29) is 52.5 Å². The number of amides is 1. The fraction of sp³-hybridized carbons (Fsp3) is 0.310. The van der Waals surface area contributed by atoms with E-state index in [1.54, 1.807) is 0 Å². The van der Waals surface area contributed by atoms with E-state index in [2.05, 4.69) is 10.5 Å². The van der Waals surface area contributed by atoms with E-state index in [1.165, 1.54) is 18.3 Å². The van der Waals surface area contributed by atoms with Crippen LogP contribution in [0.3, 0.4) is 0 Å². The Labute approximate surface area is 239 Å². The van der Waals surface area contributed by atoms with Gasteiger partial charge in [0.15, 0.2) is 27.3 Å². The quantitative estimate of drug-likeness (QED) is 0.189. The lowest BCUT2D eigenvalue weighted by Crippen LogP contribution is -2.47. The molecule has 0 heterocycles. The molecule has 4 atom stereocenters. The highest BCUT2D eigenvalue weighted by atomic mass is 35.5. The van der Waals surface area contributed by atoms with Crippen LogP contribution in [0.5, 0.6) is 0 Å². The highest BCUT2D eigenvalue weighted by molar-refractivity contribution is 7.92. The summed E-state index contributed by atoms with van der Waals surface area (Å²) >= 11 is 6.29. The number of nitrogens with zero attached hydrogens (tertiary/aromatic N) is 1. The van der Waals surface area contributed by atoms with E-state index < -0.39 is 44.0 Å². The summed E-state index contributed by atoms with van der Waals surface area (Å²) in [6.07, 6.45) is 2.81. The zero-order chi connectivity index (χ0) is 29.4. The topological polar surface area (TPSA) is 105 Å². The molecule has 12 heteroatoms. The molecule has 2 aliphatic carbocycles. The summed E-state index contributed by atoms with van der Waals surface area (Å²) < 4.78 is 68.1. The van der Waals surface area contributed by atoms with E-state index in [0.717, 1.165) is 11.6 Å². The minimum atomic E-state index is -4.06. The lowest BCUT2D eigenvalue weighted by Gasteiger charge is -2.38. The number of hydrogen-bond acceptors (Lipinski definition) is 6. The summed E-state index contributed by atoms with van der Waals surface area (Å²) in [7, 11) is -4.06. The van der Waals surface area contributed by atoms with Gasteiger partial charge in [-0.15, -0.1) is 0 Å². The van der Waals surface area contributed by atoms with Gasteiger partial charge in [-0.25, -0.2) is 21.6 Å². The molecule has 0 saturated heterocycles. The molecule has 216 valence electrons. The Morgan fingerprint density at radius 3 is 2.32 bits per heavy atom. The van der Waals surface area contributed by atoms with Crippen molar-refractivity contribution in [1.82, 2.24) is 0 Å². The molecule has 2 bridgehead atoms. The number of halogens is 4. The van der Waals surface area contributed by atoms with Crippen molar-refractivity contribution in [2.24, 2.45) is 17.0 Å². The van der Waals surface area contributed by atoms with Gasteiger partial charge in [-0.3, -0.25) is 4.79 Å². The van der Waals surface area contributed by atoms with Crippen LogP contribution in [0.1, 0.15) is 41.6 Å². The second-order valence-electron chi connectivity index (χ2n) is 10.5. The summed E-state index contributed by atoms with van der Waals surface area (Å²) in [6, 6.07) is 14.3. The van der Waals surface area contributed by atoms with Gasteiger partial charge in [0.2, 0.25) is 0 Å². The van der Waals surface area contributed by atoms with Crippen molar-refractivity contribution >= 4 is 39.2 Å². The molecule has 0 aliphatic heterocycles. The Morgan fingerprint density at radius 1 is 1.05 bits per heavy atom. The molecule has 2 aliphatic rings. The minimum Gasteiger partial charge on any atom is -0.391 e. The van der Waals surface area contributed by atoms with Gasteiger partial charge < -0.3 is 15.3 Å². The first-order chi connectivity index (χ1) is 19.5. The highest BCUT2D eigenvalue weighted by Gasteiger charge is 2.54. The molecular formula is C29H26ClF3N2O5S. The molecule has 41 heavy (non-hydrogen) atoms.